The summed E-state index contributed by atoms with van der Waals surface area (Å²) in [6.07, 6.45) is 10.6. The average Bonchev–Trinajstić information content (AvgIpc) is 3.26. The Morgan fingerprint density at radius 1 is 1.09 bits per heavy atom. The van der Waals surface area contributed by atoms with Crippen LogP contribution in [0.2, 0.25) is 0 Å². The Balaban J connectivity index is 1.27. The largest absolute Gasteiger partial charge is 0.457 e. The standard InChI is InChI=1S/C37H57NO6/c1-22-14-17-31(44-34(40)28-13-9-10-19-38-28)35(4,5)26(22)16-15-25-12-11-18-37(8)27(25)21-29-32(37)23(2)20-30(43-29)33(36(6,7)41)42-24(3)39/h9-10,13,19,22-23,25-27,29-33,41H,11-12,14-18,20-21H2,1-8H3/t22?,23-,25+,26?,27?,29?,30-,31+,32?,33+,37+/m1/s1. The second kappa shape index (κ2) is 12.7. The lowest BCUT2D eigenvalue weighted by atomic mass is 9.56. The molecule has 5 rings (SSSR count). The Labute approximate surface area is 265 Å². The average molecular weight is 612 g/mol. The summed E-state index contributed by atoms with van der Waals surface area (Å²) in [5.41, 5.74) is -0.674. The highest BCUT2D eigenvalue weighted by Gasteiger charge is 2.60. The van der Waals surface area contributed by atoms with E-state index in [0.29, 0.717) is 41.2 Å². The van der Waals surface area contributed by atoms with Crippen LogP contribution < -0.4 is 0 Å². The van der Waals surface area contributed by atoms with Gasteiger partial charge in [0, 0.05) is 18.5 Å². The number of aliphatic hydroxyl groups is 1. The van der Waals surface area contributed by atoms with Gasteiger partial charge >= 0.3 is 11.9 Å². The first-order chi connectivity index (χ1) is 20.6. The topological polar surface area (TPSA) is 95.0 Å². The normalized spacial score (nSPS) is 39.1. The zero-order chi connectivity index (χ0) is 32.0. The molecule has 0 amide bonds. The number of hydrogen-bond donors (Lipinski definition) is 1. The van der Waals surface area contributed by atoms with Crippen molar-refractivity contribution in [3.05, 3.63) is 30.1 Å². The molecular weight excluding hydrogens is 554 g/mol. The van der Waals surface area contributed by atoms with Gasteiger partial charge in [0.15, 0.2) is 6.10 Å². The molecule has 1 N–H and O–H groups in total. The summed E-state index contributed by atoms with van der Waals surface area (Å²) in [7, 11) is 0. The van der Waals surface area contributed by atoms with Crippen LogP contribution in [-0.4, -0.2) is 52.0 Å². The summed E-state index contributed by atoms with van der Waals surface area (Å²) < 4.78 is 18.6. The molecule has 3 aliphatic carbocycles. The number of pyridine rings is 1. The van der Waals surface area contributed by atoms with Crippen LogP contribution in [0.25, 0.3) is 0 Å². The van der Waals surface area contributed by atoms with Crippen LogP contribution in [-0.2, 0) is 19.0 Å². The van der Waals surface area contributed by atoms with E-state index in [0.717, 1.165) is 32.1 Å². The first-order valence-electron chi connectivity index (χ1n) is 17.3. The summed E-state index contributed by atoms with van der Waals surface area (Å²) >= 11 is 0. The number of aromatic nitrogens is 1. The van der Waals surface area contributed by atoms with Gasteiger partial charge in [-0.2, -0.15) is 0 Å². The molecule has 1 aromatic rings. The van der Waals surface area contributed by atoms with Gasteiger partial charge in [-0.1, -0.05) is 53.5 Å². The highest BCUT2D eigenvalue weighted by molar-refractivity contribution is 5.87. The van der Waals surface area contributed by atoms with Crippen molar-refractivity contribution in [2.75, 3.05) is 0 Å². The van der Waals surface area contributed by atoms with Crippen LogP contribution >= 0.6 is 0 Å². The minimum absolute atomic E-state index is 0.114. The molecule has 0 spiro atoms. The fraction of sp³-hybridized carbons (Fsp3) is 0.811. The Bertz CT molecular complexity index is 1160. The molecule has 0 aromatic carbocycles. The van der Waals surface area contributed by atoms with E-state index in [4.69, 9.17) is 14.2 Å². The van der Waals surface area contributed by atoms with Gasteiger partial charge in [-0.25, -0.2) is 9.78 Å². The third-order valence-corrected chi connectivity index (χ3v) is 12.6. The summed E-state index contributed by atoms with van der Waals surface area (Å²) in [6, 6.07) is 5.37. The SMILES string of the molecule is CC(=O)O[C@@H]([C@H]1C[C@@H](C)C2C(CC3[C@H](CCC4C(C)CC[C@H](OC(=O)c5ccccn5)C4(C)C)CCC[C@@]32C)O1)C(C)(C)O. The summed E-state index contributed by atoms with van der Waals surface area (Å²) in [4.78, 5) is 29.1. The van der Waals surface area contributed by atoms with Gasteiger partial charge in [-0.3, -0.25) is 4.79 Å². The van der Waals surface area contributed by atoms with Crippen molar-refractivity contribution >= 4 is 11.9 Å². The van der Waals surface area contributed by atoms with Crippen molar-refractivity contribution < 1.29 is 28.9 Å². The van der Waals surface area contributed by atoms with Gasteiger partial charge in [0.2, 0.25) is 0 Å². The second-order valence-electron chi connectivity index (χ2n) is 16.3. The van der Waals surface area contributed by atoms with E-state index in [9.17, 15) is 14.7 Å². The van der Waals surface area contributed by atoms with Crippen molar-refractivity contribution in [2.24, 2.45) is 46.3 Å². The number of esters is 2. The Morgan fingerprint density at radius 2 is 1.84 bits per heavy atom. The minimum Gasteiger partial charge on any atom is -0.457 e. The first-order valence-corrected chi connectivity index (χ1v) is 17.3. The number of ether oxygens (including phenoxy) is 3. The van der Waals surface area contributed by atoms with Gasteiger partial charge in [0.05, 0.1) is 17.8 Å². The molecule has 0 bridgehead atoms. The maximum atomic E-state index is 12.9. The van der Waals surface area contributed by atoms with Gasteiger partial charge < -0.3 is 19.3 Å². The van der Waals surface area contributed by atoms with Crippen molar-refractivity contribution in [1.29, 1.82) is 0 Å². The molecule has 2 heterocycles. The van der Waals surface area contributed by atoms with Gasteiger partial charge in [-0.15, -0.1) is 0 Å². The molecule has 1 aliphatic heterocycles. The third kappa shape index (κ3) is 6.47. The quantitative estimate of drug-likeness (QED) is 0.306. The fourth-order valence-electron chi connectivity index (χ4n) is 10.6. The van der Waals surface area contributed by atoms with E-state index in [2.05, 4.69) is 39.6 Å². The molecule has 1 saturated heterocycles. The summed E-state index contributed by atoms with van der Waals surface area (Å²) in [5, 5.41) is 10.9. The van der Waals surface area contributed by atoms with E-state index in [1.54, 1.807) is 26.1 Å². The number of nitrogens with zero attached hydrogens (tertiary/aromatic N) is 1. The molecule has 5 unspecified atom stereocenters. The molecule has 44 heavy (non-hydrogen) atoms. The van der Waals surface area contributed by atoms with E-state index in [-0.39, 0.29) is 41.1 Å². The van der Waals surface area contributed by atoms with Crippen molar-refractivity contribution in [1.82, 2.24) is 4.98 Å². The van der Waals surface area contributed by atoms with Gasteiger partial charge in [0.1, 0.15) is 11.8 Å². The highest BCUT2D eigenvalue weighted by atomic mass is 16.6. The van der Waals surface area contributed by atoms with Crippen molar-refractivity contribution in [2.45, 2.75) is 143 Å². The lowest BCUT2D eigenvalue weighted by molar-refractivity contribution is -0.207. The first kappa shape index (κ1) is 33.4. The monoisotopic (exact) mass is 611 g/mol. The predicted octanol–water partition coefficient (Wildman–Crippen LogP) is 7.40. The Morgan fingerprint density at radius 3 is 2.50 bits per heavy atom. The smallest absolute Gasteiger partial charge is 0.357 e. The highest BCUT2D eigenvalue weighted by Crippen LogP contribution is 2.63. The second-order valence-corrected chi connectivity index (χ2v) is 16.3. The molecule has 1 aromatic heterocycles. The van der Waals surface area contributed by atoms with E-state index >= 15 is 0 Å². The Kier molecular flexibility index (Phi) is 9.60. The molecule has 0 radical (unpaired) electrons. The van der Waals surface area contributed by atoms with E-state index in [1.165, 1.54) is 32.6 Å². The van der Waals surface area contributed by atoms with Gasteiger partial charge in [0.25, 0.3) is 0 Å². The zero-order valence-electron chi connectivity index (χ0n) is 28.4. The maximum Gasteiger partial charge on any atom is 0.357 e. The molecule has 11 atom stereocenters. The van der Waals surface area contributed by atoms with Gasteiger partial charge in [-0.05, 0) is 112 Å². The molecule has 7 heteroatoms. The van der Waals surface area contributed by atoms with E-state index in [1.807, 2.05) is 12.1 Å². The number of rotatable bonds is 8. The van der Waals surface area contributed by atoms with Crippen molar-refractivity contribution in [3.8, 4) is 0 Å². The molecule has 4 aliphatic rings. The number of hydrogen-bond acceptors (Lipinski definition) is 7. The summed E-state index contributed by atoms with van der Waals surface area (Å²) in [5.74, 6) is 2.52. The molecule has 246 valence electrons. The summed E-state index contributed by atoms with van der Waals surface area (Å²) in [6.45, 7) is 16.7. The third-order valence-electron chi connectivity index (χ3n) is 12.6. The number of carbonyl (C=O) groups excluding carboxylic acids is 2. The minimum atomic E-state index is -1.17. The van der Waals surface area contributed by atoms with Crippen LogP contribution in [0.15, 0.2) is 24.4 Å². The fourth-order valence-corrected chi connectivity index (χ4v) is 10.6. The van der Waals surface area contributed by atoms with Crippen LogP contribution in [0.5, 0.6) is 0 Å². The van der Waals surface area contributed by atoms with Crippen LogP contribution in [0.3, 0.4) is 0 Å². The van der Waals surface area contributed by atoms with Crippen molar-refractivity contribution in [3.63, 3.8) is 0 Å². The molecular formula is C37H57NO6. The zero-order valence-corrected chi connectivity index (χ0v) is 28.4. The lowest BCUT2D eigenvalue weighted by Gasteiger charge is -2.51. The van der Waals surface area contributed by atoms with Crippen LogP contribution in [0.1, 0.15) is 124 Å². The molecule has 4 fully saturated rings. The maximum absolute atomic E-state index is 12.9. The molecule has 3 saturated carbocycles. The predicted molar refractivity (Wildman–Crippen MR) is 170 cm³/mol. The number of carbonyl (C=O) groups is 2. The Hall–Kier alpha value is -1.99. The molecule has 7 nitrogen and oxygen atoms in total. The number of fused-ring (bicyclic) bond motifs is 3. The van der Waals surface area contributed by atoms with E-state index < -0.39 is 11.7 Å². The lowest BCUT2D eigenvalue weighted by Crippen LogP contribution is -2.54. The van der Waals surface area contributed by atoms with Crippen LogP contribution in [0, 0.1) is 46.3 Å². The van der Waals surface area contributed by atoms with Crippen LogP contribution in [0.4, 0.5) is 0 Å².